The number of likely N-dealkylation sites (N-methyl/N-ethyl adjacent to an activating group) is 1. The van der Waals surface area contributed by atoms with Gasteiger partial charge in [0.1, 0.15) is 0 Å². The van der Waals surface area contributed by atoms with Crippen molar-refractivity contribution in [3.05, 3.63) is 29.3 Å². The summed E-state index contributed by atoms with van der Waals surface area (Å²) < 4.78 is 27.3. The van der Waals surface area contributed by atoms with E-state index >= 15 is 0 Å². The Kier molecular flexibility index (Phi) is 5.69. The Morgan fingerprint density at radius 1 is 1.15 bits per heavy atom. The second-order valence-corrected chi connectivity index (χ2v) is 9.46. The average Bonchev–Trinajstić information content (AvgIpc) is 3.17. The van der Waals surface area contributed by atoms with Crippen molar-refractivity contribution >= 4 is 15.9 Å². The summed E-state index contributed by atoms with van der Waals surface area (Å²) in [6.45, 7) is 6.51. The van der Waals surface area contributed by atoms with Crippen molar-refractivity contribution in [3.8, 4) is 0 Å². The Morgan fingerprint density at radius 2 is 1.85 bits per heavy atom. The molecule has 0 spiro atoms. The fourth-order valence-electron chi connectivity index (χ4n) is 3.80. The molecule has 1 aromatic rings. The first-order chi connectivity index (χ1) is 12.3. The lowest BCUT2D eigenvalue weighted by Gasteiger charge is -2.34. The molecule has 1 unspecified atom stereocenters. The van der Waals surface area contributed by atoms with Gasteiger partial charge in [-0.3, -0.25) is 4.79 Å². The number of hydrogen-bond donors (Lipinski definition) is 1. The van der Waals surface area contributed by atoms with E-state index in [0.29, 0.717) is 30.8 Å². The summed E-state index contributed by atoms with van der Waals surface area (Å²) in [7, 11) is -1.61. The molecular formula is C19H29N3O3S. The second kappa shape index (κ2) is 7.66. The van der Waals surface area contributed by atoms with Crippen molar-refractivity contribution in [2.75, 3.05) is 33.2 Å². The number of benzene rings is 1. The van der Waals surface area contributed by atoms with Crippen LogP contribution in [0.4, 0.5) is 0 Å². The van der Waals surface area contributed by atoms with Crippen molar-refractivity contribution in [3.63, 3.8) is 0 Å². The Hall–Kier alpha value is -1.44. The van der Waals surface area contributed by atoms with Gasteiger partial charge in [-0.15, -0.1) is 0 Å². The Morgan fingerprint density at radius 3 is 2.42 bits per heavy atom. The number of sulfonamides is 1. The summed E-state index contributed by atoms with van der Waals surface area (Å²) in [4.78, 5) is 14.9. The number of carbonyl (C=O) groups is 1. The highest BCUT2D eigenvalue weighted by atomic mass is 32.2. The molecule has 0 aromatic heterocycles. The molecule has 2 heterocycles. The summed E-state index contributed by atoms with van der Waals surface area (Å²) in [5.74, 6) is 0.0775. The minimum atomic E-state index is -3.49. The maximum atomic E-state index is 12.9. The largest absolute Gasteiger partial charge is 0.341 e. The average molecular weight is 380 g/mol. The summed E-state index contributed by atoms with van der Waals surface area (Å²) in [6.07, 6.45) is 2.17. The van der Waals surface area contributed by atoms with Crippen LogP contribution in [0.1, 0.15) is 30.4 Å². The molecule has 3 rings (SSSR count). The van der Waals surface area contributed by atoms with Crippen molar-refractivity contribution in [2.45, 2.75) is 44.0 Å². The maximum Gasteiger partial charge on any atom is 0.243 e. The van der Waals surface area contributed by atoms with E-state index in [1.54, 1.807) is 12.1 Å². The molecule has 2 saturated heterocycles. The summed E-state index contributed by atoms with van der Waals surface area (Å²) >= 11 is 0. The lowest BCUT2D eigenvalue weighted by atomic mass is 9.96. The van der Waals surface area contributed by atoms with E-state index in [-0.39, 0.29) is 17.9 Å². The van der Waals surface area contributed by atoms with Crippen LogP contribution in [0.5, 0.6) is 0 Å². The van der Waals surface area contributed by atoms with E-state index in [1.807, 2.05) is 31.9 Å². The normalized spacial score (nSPS) is 22.5. The highest BCUT2D eigenvalue weighted by Crippen LogP contribution is 2.26. The Balaban J connectivity index is 1.63. The molecule has 0 saturated carbocycles. The number of hydrogen-bond acceptors (Lipinski definition) is 4. The monoisotopic (exact) mass is 379 g/mol. The minimum absolute atomic E-state index is 0.0770. The Bertz CT molecular complexity index is 764. The lowest BCUT2D eigenvalue weighted by molar-refractivity contribution is -0.137. The SMILES string of the molecule is Cc1ccc(S(=O)(=O)N2CCC(C(=O)N(C)C3CCNC3)CC2)cc1C. The first kappa shape index (κ1) is 19.3. The summed E-state index contributed by atoms with van der Waals surface area (Å²) in [5.41, 5.74) is 2.06. The quantitative estimate of drug-likeness (QED) is 0.861. The summed E-state index contributed by atoms with van der Waals surface area (Å²) in [5, 5.41) is 3.28. The topological polar surface area (TPSA) is 69.7 Å². The van der Waals surface area contributed by atoms with Crippen LogP contribution >= 0.6 is 0 Å². The third kappa shape index (κ3) is 3.80. The third-order valence-electron chi connectivity index (χ3n) is 5.85. The molecule has 0 radical (unpaired) electrons. The standard InChI is InChI=1S/C19H29N3O3S/c1-14-4-5-18(12-15(14)2)26(24,25)22-10-7-16(8-11-22)19(23)21(3)17-6-9-20-13-17/h4-5,12,16-17,20H,6-11,13H2,1-3H3. The zero-order valence-corrected chi connectivity index (χ0v) is 16.7. The predicted molar refractivity (Wildman–Crippen MR) is 101 cm³/mol. The van der Waals surface area contributed by atoms with E-state index in [4.69, 9.17) is 0 Å². The van der Waals surface area contributed by atoms with Crippen molar-refractivity contribution in [1.29, 1.82) is 0 Å². The van der Waals surface area contributed by atoms with Crippen LogP contribution in [0.15, 0.2) is 23.1 Å². The van der Waals surface area contributed by atoms with Crippen LogP contribution in [-0.2, 0) is 14.8 Å². The molecule has 2 aliphatic rings. The number of amides is 1. The Labute approximate surface area is 156 Å². The van der Waals surface area contributed by atoms with Crippen LogP contribution in [0.25, 0.3) is 0 Å². The molecule has 2 aliphatic heterocycles. The smallest absolute Gasteiger partial charge is 0.243 e. The van der Waals surface area contributed by atoms with E-state index < -0.39 is 10.0 Å². The van der Waals surface area contributed by atoms with Crippen LogP contribution in [-0.4, -0.2) is 62.8 Å². The third-order valence-corrected chi connectivity index (χ3v) is 7.74. The van der Waals surface area contributed by atoms with Gasteiger partial charge in [0.05, 0.1) is 4.90 Å². The summed E-state index contributed by atoms with van der Waals surface area (Å²) in [6, 6.07) is 5.53. The molecule has 7 heteroatoms. The van der Waals surface area contributed by atoms with E-state index in [2.05, 4.69) is 5.32 Å². The molecule has 144 valence electrons. The van der Waals surface area contributed by atoms with Gasteiger partial charge in [0.15, 0.2) is 0 Å². The molecule has 0 bridgehead atoms. The lowest BCUT2D eigenvalue weighted by Crippen LogP contribution is -2.46. The van der Waals surface area contributed by atoms with Crippen LogP contribution in [0.2, 0.25) is 0 Å². The van der Waals surface area contributed by atoms with Gasteiger partial charge in [-0.2, -0.15) is 4.31 Å². The number of piperidine rings is 1. The first-order valence-electron chi connectivity index (χ1n) is 9.35. The molecule has 1 aromatic carbocycles. The van der Waals surface area contributed by atoms with Gasteiger partial charge in [-0.1, -0.05) is 6.07 Å². The van der Waals surface area contributed by atoms with E-state index in [1.165, 1.54) is 4.31 Å². The van der Waals surface area contributed by atoms with E-state index in [0.717, 1.165) is 30.6 Å². The van der Waals surface area contributed by atoms with E-state index in [9.17, 15) is 13.2 Å². The van der Waals surface area contributed by atoms with Gasteiger partial charge in [-0.25, -0.2) is 8.42 Å². The minimum Gasteiger partial charge on any atom is -0.341 e. The molecule has 26 heavy (non-hydrogen) atoms. The second-order valence-electron chi connectivity index (χ2n) is 7.52. The van der Waals surface area contributed by atoms with Gasteiger partial charge < -0.3 is 10.2 Å². The van der Waals surface area contributed by atoms with Crippen molar-refractivity contribution < 1.29 is 13.2 Å². The molecule has 2 fully saturated rings. The fourth-order valence-corrected chi connectivity index (χ4v) is 5.36. The molecule has 1 amide bonds. The number of carbonyl (C=O) groups excluding carboxylic acids is 1. The zero-order valence-electron chi connectivity index (χ0n) is 15.9. The van der Waals surface area contributed by atoms with Gasteiger partial charge in [0.25, 0.3) is 0 Å². The molecule has 1 atom stereocenters. The van der Waals surface area contributed by atoms with Gasteiger partial charge in [-0.05, 0) is 62.9 Å². The van der Waals surface area contributed by atoms with Gasteiger partial charge in [0.2, 0.25) is 15.9 Å². The molecule has 1 N–H and O–H groups in total. The highest BCUT2D eigenvalue weighted by molar-refractivity contribution is 7.89. The fraction of sp³-hybridized carbons (Fsp3) is 0.632. The van der Waals surface area contributed by atoms with Crippen molar-refractivity contribution in [2.24, 2.45) is 5.92 Å². The molecule has 0 aliphatic carbocycles. The van der Waals surface area contributed by atoms with Crippen LogP contribution in [0, 0.1) is 19.8 Å². The van der Waals surface area contributed by atoms with Gasteiger partial charge in [0, 0.05) is 38.6 Å². The van der Waals surface area contributed by atoms with Crippen LogP contribution in [0.3, 0.4) is 0 Å². The highest BCUT2D eigenvalue weighted by Gasteiger charge is 2.35. The maximum absolute atomic E-state index is 12.9. The number of nitrogens with one attached hydrogen (secondary N) is 1. The zero-order chi connectivity index (χ0) is 18.9. The van der Waals surface area contributed by atoms with Crippen molar-refractivity contribution in [1.82, 2.24) is 14.5 Å². The van der Waals surface area contributed by atoms with Crippen LogP contribution < -0.4 is 5.32 Å². The number of nitrogens with zero attached hydrogens (tertiary/aromatic N) is 2. The van der Waals surface area contributed by atoms with Gasteiger partial charge >= 0.3 is 0 Å². The predicted octanol–water partition coefficient (Wildman–Crippen LogP) is 1.52. The number of aryl methyl sites for hydroxylation is 2. The molecule has 6 nitrogen and oxygen atoms in total. The first-order valence-corrected chi connectivity index (χ1v) is 10.8. The molecular weight excluding hydrogens is 350 g/mol. The number of rotatable bonds is 4.